The zero-order valence-corrected chi connectivity index (χ0v) is 10.9. The summed E-state index contributed by atoms with van der Waals surface area (Å²) >= 11 is 5.66. The van der Waals surface area contributed by atoms with Crippen LogP contribution >= 0.6 is 11.6 Å². The van der Waals surface area contributed by atoms with Gasteiger partial charge in [-0.25, -0.2) is 4.79 Å². The number of ether oxygens (including phenoxy) is 1. The zero-order chi connectivity index (χ0) is 13.7. The van der Waals surface area contributed by atoms with Gasteiger partial charge in [0.15, 0.2) is 0 Å². The van der Waals surface area contributed by atoms with Gasteiger partial charge >= 0.3 is 5.97 Å². The van der Waals surface area contributed by atoms with Gasteiger partial charge in [-0.05, 0) is 25.5 Å². The quantitative estimate of drug-likeness (QED) is 0.466. The molecule has 98 valence electrons. The van der Waals surface area contributed by atoms with E-state index in [4.69, 9.17) is 16.3 Å². The Morgan fingerprint density at radius 2 is 2.22 bits per heavy atom. The van der Waals surface area contributed by atoms with E-state index in [1.165, 1.54) is 12.1 Å². The number of nitro groups is 1. The number of nitro benzene ring substituents is 1. The average Bonchev–Trinajstić information content (AvgIpc) is 2.29. The minimum Gasteiger partial charge on any atom is -0.459 e. The Bertz CT molecular complexity index is 461. The van der Waals surface area contributed by atoms with Crippen molar-refractivity contribution in [2.45, 2.75) is 32.8 Å². The number of nitrogens with zero attached hydrogens (tertiary/aromatic N) is 1. The van der Waals surface area contributed by atoms with Gasteiger partial charge in [-0.3, -0.25) is 10.1 Å². The van der Waals surface area contributed by atoms with Crippen LogP contribution in [-0.2, 0) is 4.74 Å². The van der Waals surface area contributed by atoms with E-state index in [9.17, 15) is 14.9 Å². The molecule has 0 spiro atoms. The van der Waals surface area contributed by atoms with Gasteiger partial charge in [0.25, 0.3) is 5.69 Å². The molecule has 1 rings (SSSR count). The second-order valence-corrected chi connectivity index (χ2v) is 4.34. The van der Waals surface area contributed by atoms with Crippen LogP contribution in [0.4, 0.5) is 5.69 Å². The topological polar surface area (TPSA) is 69.4 Å². The molecule has 0 aliphatic carbocycles. The summed E-state index contributed by atoms with van der Waals surface area (Å²) in [5.74, 6) is -0.573. The van der Waals surface area contributed by atoms with Crippen molar-refractivity contribution in [1.29, 1.82) is 0 Å². The SMILES string of the molecule is CCCC(C)OC(=O)c1ccc(Cl)c([N+](=O)[O-])c1. The van der Waals surface area contributed by atoms with Crippen molar-refractivity contribution in [2.24, 2.45) is 0 Å². The van der Waals surface area contributed by atoms with Crippen molar-refractivity contribution in [3.05, 3.63) is 38.9 Å². The molecule has 0 fully saturated rings. The van der Waals surface area contributed by atoms with Crippen molar-refractivity contribution in [3.8, 4) is 0 Å². The number of hydrogen-bond acceptors (Lipinski definition) is 4. The molecule has 0 aliphatic heterocycles. The molecule has 5 nitrogen and oxygen atoms in total. The summed E-state index contributed by atoms with van der Waals surface area (Å²) in [6.45, 7) is 3.77. The minimum atomic E-state index is -0.630. The highest BCUT2D eigenvalue weighted by atomic mass is 35.5. The summed E-state index contributed by atoms with van der Waals surface area (Å²) in [7, 11) is 0. The fourth-order valence-electron chi connectivity index (χ4n) is 1.50. The molecular formula is C12H14ClNO4. The first-order valence-corrected chi connectivity index (χ1v) is 5.98. The van der Waals surface area contributed by atoms with Crippen LogP contribution in [0.1, 0.15) is 37.0 Å². The third-order valence-electron chi connectivity index (χ3n) is 2.38. The Hall–Kier alpha value is -1.62. The summed E-state index contributed by atoms with van der Waals surface area (Å²) in [6.07, 6.45) is 1.44. The smallest absolute Gasteiger partial charge is 0.338 e. The highest BCUT2D eigenvalue weighted by Crippen LogP contribution is 2.25. The van der Waals surface area contributed by atoms with E-state index in [1.54, 1.807) is 6.92 Å². The molecule has 1 unspecified atom stereocenters. The van der Waals surface area contributed by atoms with Crippen molar-refractivity contribution < 1.29 is 14.5 Å². The maximum absolute atomic E-state index is 11.7. The monoisotopic (exact) mass is 271 g/mol. The third-order valence-corrected chi connectivity index (χ3v) is 2.70. The van der Waals surface area contributed by atoms with Gasteiger partial charge in [0.2, 0.25) is 0 Å². The molecule has 0 bridgehead atoms. The van der Waals surface area contributed by atoms with Crippen molar-refractivity contribution >= 4 is 23.3 Å². The Kier molecular flexibility index (Phi) is 5.09. The molecule has 0 saturated carbocycles. The first kappa shape index (κ1) is 14.4. The van der Waals surface area contributed by atoms with E-state index in [-0.39, 0.29) is 22.4 Å². The average molecular weight is 272 g/mol. The van der Waals surface area contributed by atoms with Crippen molar-refractivity contribution in [2.75, 3.05) is 0 Å². The van der Waals surface area contributed by atoms with Crippen LogP contribution in [0.2, 0.25) is 5.02 Å². The molecule has 0 aliphatic rings. The van der Waals surface area contributed by atoms with E-state index >= 15 is 0 Å². The lowest BCUT2D eigenvalue weighted by Gasteiger charge is -2.11. The second-order valence-electron chi connectivity index (χ2n) is 3.93. The molecule has 1 aromatic carbocycles. The number of esters is 1. The van der Waals surface area contributed by atoms with Crippen LogP contribution in [0.5, 0.6) is 0 Å². The van der Waals surface area contributed by atoms with Gasteiger partial charge in [-0.15, -0.1) is 0 Å². The maximum Gasteiger partial charge on any atom is 0.338 e. The Balaban J connectivity index is 2.87. The molecule has 0 saturated heterocycles. The first-order valence-electron chi connectivity index (χ1n) is 5.60. The summed E-state index contributed by atoms with van der Waals surface area (Å²) in [6, 6.07) is 3.86. The van der Waals surface area contributed by atoms with E-state index in [1.807, 2.05) is 6.92 Å². The largest absolute Gasteiger partial charge is 0.459 e. The Labute approximate surface area is 110 Å². The number of hydrogen-bond donors (Lipinski definition) is 0. The van der Waals surface area contributed by atoms with Crippen LogP contribution < -0.4 is 0 Å². The van der Waals surface area contributed by atoms with E-state index in [2.05, 4.69) is 0 Å². The highest BCUT2D eigenvalue weighted by molar-refractivity contribution is 6.32. The first-order chi connectivity index (χ1) is 8.45. The molecule has 1 aromatic rings. The highest BCUT2D eigenvalue weighted by Gasteiger charge is 2.18. The molecule has 0 heterocycles. The molecule has 0 aromatic heterocycles. The molecule has 1 atom stereocenters. The second kappa shape index (κ2) is 6.35. The standard InChI is InChI=1S/C12H14ClNO4/c1-3-4-8(2)18-12(15)9-5-6-10(13)11(7-9)14(16)17/h5-8H,3-4H2,1-2H3. The number of carbonyl (C=O) groups excluding carboxylic acids is 1. The van der Waals surface area contributed by atoms with Crippen molar-refractivity contribution in [1.82, 2.24) is 0 Å². The fourth-order valence-corrected chi connectivity index (χ4v) is 1.68. The minimum absolute atomic E-state index is 0.00171. The van der Waals surface area contributed by atoms with Gasteiger partial charge in [-0.2, -0.15) is 0 Å². The lowest BCUT2D eigenvalue weighted by molar-refractivity contribution is -0.384. The lowest BCUT2D eigenvalue weighted by atomic mass is 10.2. The molecule has 0 radical (unpaired) electrons. The van der Waals surface area contributed by atoms with Crippen LogP contribution in [0.25, 0.3) is 0 Å². The van der Waals surface area contributed by atoms with E-state index < -0.39 is 10.9 Å². The molecule has 0 N–H and O–H groups in total. The Morgan fingerprint density at radius 1 is 1.56 bits per heavy atom. The summed E-state index contributed by atoms with van der Waals surface area (Å²) in [4.78, 5) is 21.8. The fraction of sp³-hybridized carbons (Fsp3) is 0.417. The van der Waals surface area contributed by atoms with Gasteiger partial charge < -0.3 is 4.74 Å². The van der Waals surface area contributed by atoms with Crippen LogP contribution in [0.15, 0.2) is 18.2 Å². The lowest BCUT2D eigenvalue weighted by Crippen LogP contribution is -2.14. The third kappa shape index (κ3) is 3.70. The van der Waals surface area contributed by atoms with E-state index in [0.29, 0.717) is 0 Å². The number of halogens is 1. The van der Waals surface area contributed by atoms with Crippen LogP contribution in [-0.4, -0.2) is 17.0 Å². The molecular weight excluding hydrogens is 258 g/mol. The number of carbonyl (C=O) groups is 1. The van der Waals surface area contributed by atoms with Gasteiger partial charge in [0.05, 0.1) is 16.6 Å². The predicted molar refractivity (Wildman–Crippen MR) is 67.9 cm³/mol. The van der Waals surface area contributed by atoms with Gasteiger partial charge in [0.1, 0.15) is 5.02 Å². The number of benzene rings is 1. The summed E-state index contributed by atoms with van der Waals surface area (Å²) in [5.41, 5.74) is -0.164. The normalized spacial score (nSPS) is 11.9. The Morgan fingerprint density at radius 3 is 2.78 bits per heavy atom. The predicted octanol–water partition coefficient (Wildman–Crippen LogP) is 3.59. The molecule has 0 amide bonds. The zero-order valence-electron chi connectivity index (χ0n) is 10.2. The summed E-state index contributed by atoms with van der Waals surface area (Å²) in [5, 5.41) is 10.7. The summed E-state index contributed by atoms with van der Waals surface area (Å²) < 4.78 is 5.15. The van der Waals surface area contributed by atoms with Crippen molar-refractivity contribution in [3.63, 3.8) is 0 Å². The molecule has 6 heteroatoms. The maximum atomic E-state index is 11.7. The number of rotatable bonds is 5. The van der Waals surface area contributed by atoms with Gasteiger partial charge in [-0.1, -0.05) is 24.9 Å². The van der Waals surface area contributed by atoms with E-state index in [0.717, 1.165) is 18.9 Å². The van der Waals surface area contributed by atoms with Crippen LogP contribution in [0, 0.1) is 10.1 Å². The molecule has 18 heavy (non-hydrogen) atoms. The van der Waals surface area contributed by atoms with Crippen LogP contribution in [0.3, 0.4) is 0 Å². The van der Waals surface area contributed by atoms with Gasteiger partial charge in [0, 0.05) is 6.07 Å².